The van der Waals surface area contributed by atoms with E-state index >= 15 is 0 Å². The molecule has 4 aliphatic rings. The van der Waals surface area contributed by atoms with Gasteiger partial charge in [-0.05, 0) is 97.2 Å². The van der Waals surface area contributed by atoms with Crippen LogP contribution in [0, 0.1) is 45.8 Å². The molecule has 0 amide bonds. The summed E-state index contributed by atoms with van der Waals surface area (Å²) in [5.74, 6) is 4.00. The zero-order valence-corrected chi connectivity index (χ0v) is 20.6. The van der Waals surface area contributed by atoms with Crippen molar-refractivity contribution in [1.29, 1.82) is 0 Å². The highest BCUT2D eigenvalue weighted by Crippen LogP contribution is 2.71. The van der Waals surface area contributed by atoms with Crippen molar-refractivity contribution >= 4 is 0 Å². The third kappa shape index (κ3) is 3.22. The zero-order chi connectivity index (χ0) is 21.0. The lowest BCUT2D eigenvalue weighted by molar-refractivity contribution is 0.0271. The minimum Gasteiger partial charge on any atom is -0.0852 e. The number of hydrogen-bond donors (Lipinski definition) is 0. The Balaban J connectivity index is 1.63. The Labute approximate surface area is 182 Å². The van der Waals surface area contributed by atoms with Gasteiger partial charge in [0, 0.05) is 0 Å². The molecule has 0 aromatic heterocycles. The predicted molar refractivity (Wildman–Crippen MR) is 127 cm³/mol. The standard InChI is InChI=1S/C29H48/c1-20(2)21(3)11-12-22(4)24-15-18-29(7)26-14-13-23-10-8-9-17-27(23,5)25(26)16-19-28(24,29)6/h11-12,20-24H,8-10,13-19H2,1-7H3/t21?,22-,23?,24-,27+,28-,29+/m1/s1. The summed E-state index contributed by atoms with van der Waals surface area (Å²) in [4.78, 5) is 0. The Morgan fingerprint density at radius 3 is 2.28 bits per heavy atom. The lowest BCUT2D eigenvalue weighted by Gasteiger charge is -2.58. The molecule has 164 valence electrons. The SMILES string of the molecule is CC(C)C(C)C=C[C@@H](C)[C@H]1CC[C@@]2(C)C3=C(CC[C@]12C)[C@@]1(C)CCCCC1CC3. The first-order valence-corrected chi connectivity index (χ1v) is 13.0. The van der Waals surface area contributed by atoms with Crippen LogP contribution in [0.2, 0.25) is 0 Å². The highest BCUT2D eigenvalue weighted by atomic mass is 14.6. The van der Waals surface area contributed by atoms with Gasteiger partial charge in [0.25, 0.3) is 0 Å². The first-order chi connectivity index (χ1) is 13.6. The molecule has 2 saturated carbocycles. The van der Waals surface area contributed by atoms with Crippen LogP contribution in [0.5, 0.6) is 0 Å². The molecule has 4 aliphatic carbocycles. The summed E-state index contributed by atoms with van der Waals surface area (Å²) in [7, 11) is 0. The van der Waals surface area contributed by atoms with Gasteiger partial charge >= 0.3 is 0 Å². The number of rotatable bonds is 4. The molecule has 0 saturated heterocycles. The number of hydrogen-bond acceptors (Lipinski definition) is 0. The summed E-state index contributed by atoms with van der Waals surface area (Å²) in [6.45, 7) is 17.7. The van der Waals surface area contributed by atoms with Gasteiger partial charge in [-0.2, -0.15) is 0 Å². The van der Waals surface area contributed by atoms with E-state index < -0.39 is 0 Å². The average Bonchev–Trinajstić information content (AvgIpc) is 2.96. The fourth-order valence-corrected chi connectivity index (χ4v) is 8.47. The lowest BCUT2D eigenvalue weighted by Crippen LogP contribution is -2.48. The molecule has 0 heteroatoms. The summed E-state index contributed by atoms with van der Waals surface area (Å²) in [5, 5.41) is 0. The molecule has 29 heavy (non-hydrogen) atoms. The maximum atomic E-state index is 2.70. The molecule has 0 radical (unpaired) electrons. The van der Waals surface area contributed by atoms with E-state index in [9.17, 15) is 0 Å². The third-order valence-corrected chi connectivity index (χ3v) is 11.2. The van der Waals surface area contributed by atoms with Crippen molar-refractivity contribution in [2.24, 2.45) is 45.8 Å². The van der Waals surface area contributed by atoms with Gasteiger partial charge < -0.3 is 0 Å². The summed E-state index contributed by atoms with van der Waals surface area (Å²) in [6.07, 6.45) is 19.7. The van der Waals surface area contributed by atoms with Gasteiger partial charge in [0.05, 0.1) is 0 Å². The predicted octanol–water partition coefficient (Wildman–Crippen LogP) is 8.97. The van der Waals surface area contributed by atoms with Crippen molar-refractivity contribution in [2.75, 3.05) is 0 Å². The molecule has 0 nitrogen and oxygen atoms in total. The van der Waals surface area contributed by atoms with E-state index in [1.165, 1.54) is 64.2 Å². The van der Waals surface area contributed by atoms with E-state index in [1.54, 1.807) is 0 Å². The first-order valence-electron chi connectivity index (χ1n) is 13.0. The molecule has 0 aliphatic heterocycles. The summed E-state index contributed by atoms with van der Waals surface area (Å²) in [5.41, 5.74) is 5.43. The molecule has 0 aromatic carbocycles. The number of fused-ring (bicyclic) bond motifs is 4. The van der Waals surface area contributed by atoms with Crippen LogP contribution in [-0.4, -0.2) is 0 Å². The number of allylic oxidation sites excluding steroid dienone is 4. The molecule has 0 N–H and O–H groups in total. The third-order valence-electron chi connectivity index (χ3n) is 11.2. The van der Waals surface area contributed by atoms with Gasteiger partial charge in [-0.25, -0.2) is 0 Å². The van der Waals surface area contributed by atoms with E-state index in [2.05, 4.69) is 60.6 Å². The monoisotopic (exact) mass is 396 g/mol. The highest BCUT2D eigenvalue weighted by molar-refractivity contribution is 5.38. The normalized spacial score (nSPS) is 44.6. The van der Waals surface area contributed by atoms with E-state index in [1.807, 2.05) is 11.1 Å². The van der Waals surface area contributed by atoms with Crippen LogP contribution in [0.3, 0.4) is 0 Å². The van der Waals surface area contributed by atoms with Crippen molar-refractivity contribution in [3.8, 4) is 0 Å². The van der Waals surface area contributed by atoms with Gasteiger partial charge in [-0.1, -0.05) is 84.6 Å². The molecule has 7 atom stereocenters. The van der Waals surface area contributed by atoms with Gasteiger partial charge in [0.15, 0.2) is 0 Å². The Bertz CT molecular complexity index is 680. The minimum absolute atomic E-state index is 0.461. The molecule has 2 unspecified atom stereocenters. The smallest absolute Gasteiger partial charge is 0.00567 e. The van der Waals surface area contributed by atoms with E-state index in [-0.39, 0.29) is 0 Å². The quantitative estimate of drug-likeness (QED) is 0.416. The molecular weight excluding hydrogens is 348 g/mol. The molecule has 0 bridgehead atoms. The van der Waals surface area contributed by atoms with Crippen molar-refractivity contribution < 1.29 is 0 Å². The summed E-state index contributed by atoms with van der Waals surface area (Å²) < 4.78 is 0. The Kier molecular flexibility index (Phi) is 5.66. The molecule has 2 fully saturated rings. The second kappa shape index (κ2) is 7.56. The van der Waals surface area contributed by atoms with Crippen LogP contribution >= 0.6 is 0 Å². The lowest BCUT2D eigenvalue weighted by atomic mass is 9.46. The van der Waals surface area contributed by atoms with Gasteiger partial charge in [-0.15, -0.1) is 0 Å². The topological polar surface area (TPSA) is 0 Å². The average molecular weight is 397 g/mol. The Hall–Kier alpha value is -0.520. The maximum absolute atomic E-state index is 2.70. The fraction of sp³-hybridized carbons (Fsp3) is 0.862. The Morgan fingerprint density at radius 2 is 1.55 bits per heavy atom. The molecule has 0 spiro atoms. The van der Waals surface area contributed by atoms with Gasteiger partial charge in [-0.3, -0.25) is 0 Å². The molecule has 0 aromatic rings. The zero-order valence-electron chi connectivity index (χ0n) is 20.6. The van der Waals surface area contributed by atoms with E-state index in [0.29, 0.717) is 28.1 Å². The fourth-order valence-electron chi connectivity index (χ4n) is 8.47. The van der Waals surface area contributed by atoms with Crippen LogP contribution in [0.25, 0.3) is 0 Å². The van der Waals surface area contributed by atoms with Gasteiger partial charge in [0.1, 0.15) is 0 Å². The van der Waals surface area contributed by atoms with Crippen LogP contribution in [0.15, 0.2) is 23.3 Å². The summed E-state index contributed by atoms with van der Waals surface area (Å²) >= 11 is 0. The van der Waals surface area contributed by atoms with Crippen LogP contribution in [0.4, 0.5) is 0 Å². The van der Waals surface area contributed by atoms with E-state index in [0.717, 1.165) is 17.8 Å². The second-order valence-electron chi connectivity index (χ2n) is 12.6. The van der Waals surface area contributed by atoms with Crippen LogP contribution < -0.4 is 0 Å². The summed E-state index contributed by atoms with van der Waals surface area (Å²) in [6, 6.07) is 0. The highest BCUT2D eigenvalue weighted by Gasteiger charge is 2.61. The van der Waals surface area contributed by atoms with Crippen molar-refractivity contribution in [1.82, 2.24) is 0 Å². The first kappa shape index (κ1) is 21.7. The van der Waals surface area contributed by atoms with E-state index in [4.69, 9.17) is 0 Å². The van der Waals surface area contributed by atoms with Gasteiger partial charge in [0.2, 0.25) is 0 Å². The van der Waals surface area contributed by atoms with Crippen molar-refractivity contribution in [3.05, 3.63) is 23.3 Å². The maximum Gasteiger partial charge on any atom is -0.00567 e. The van der Waals surface area contributed by atoms with Crippen LogP contribution in [0.1, 0.15) is 113 Å². The molecule has 4 rings (SSSR count). The molecule has 0 heterocycles. The minimum atomic E-state index is 0.461. The second-order valence-corrected chi connectivity index (χ2v) is 12.6. The van der Waals surface area contributed by atoms with Crippen molar-refractivity contribution in [2.45, 2.75) is 113 Å². The van der Waals surface area contributed by atoms with Crippen LogP contribution in [-0.2, 0) is 0 Å². The largest absolute Gasteiger partial charge is 0.0852 e. The molecular formula is C29H48. The van der Waals surface area contributed by atoms with Crippen molar-refractivity contribution in [3.63, 3.8) is 0 Å². The Morgan fingerprint density at radius 1 is 0.793 bits per heavy atom.